The molecule has 0 unspecified atom stereocenters. The van der Waals surface area contributed by atoms with Crippen LogP contribution in [0.1, 0.15) is 38.8 Å². The summed E-state index contributed by atoms with van der Waals surface area (Å²) in [5.41, 5.74) is 2.37. The summed E-state index contributed by atoms with van der Waals surface area (Å²) in [5, 5.41) is 0.337. The van der Waals surface area contributed by atoms with Crippen LogP contribution < -0.4 is 14.4 Å². The van der Waals surface area contributed by atoms with Crippen LogP contribution >= 0.6 is 27.7 Å². The van der Waals surface area contributed by atoms with Crippen LogP contribution in [0.2, 0.25) is 0 Å². The van der Waals surface area contributed by atoms with Gasteiger partial charge in [0, 0.05) is 11.4 Å². The van der Waals surface area contributed by atoms with Crippen molar-refractivity contribution in [1.29, 1.82) is 0 Å². The lowest BCUT2D eigenvalue weighted by atomic mass is 10.2. The zero-order chi connectivity index (χ0) is 23.4. The molecule has 32 heavy (non-hydrogen) atoms. The Kier molecular flexibility index (Phi) is 7.79. The van der Waals surface area contributed by atoms with Gasteiger partial charge in [-0.1, -0.05) is 34.1 Å². The Morgan fingerprint density at radius 1 is 1.25 bits per heavy atom. The Morgan fingerprint density at radius 2 is 1.97 bits per heavy atom. The third kappa shape index (κ3) is 5.42. The number of hydrogen-bond acceptors (Lipinski definition) is 5. The summed E-state index contributed by atoms with van der Waals surface area (Å²) in [4.78, 5) is 31.1. The van der Waals surface area contributed by atoms with E-state index in [0.29, 0.717) is 33.9 Å². The molecule has 2 aromatic carbocycles. The quantitative estimate of drug-likeness (QED) is 0.442. The van der Waals surface area contributed by atoms with Gasteiger partial charge in [-0.15, -0.1) is 0 Å². The topological polar surface area (TPSA) is 68.2 Å². The largest absolute Gasteiger partial charge is 0.490 e. The number of para-hydroxylation sites is 1. The summed E-state index contributed by atoms with van der Waals surface area (Å²) >= 11 is 4.73. The number of ether oxygens (including phenoxy) is 2. The fraction of sp³-hybridized carbons (Fsp3) is 0.292. The number of aliphatic imine (C=N–C) groups is 1. The molecule has 0 saturated carbocycles. The molecule has 0 aromatic heterocycles. The molecule has 0 radical (unpaired) electrons. The van der Waals surface area contributed by atoms with Crippen LogP contribution in [0.25, 0.3) is 6.08 Å². The Bertz CT molecular complexity index is 1110. The number of thioether (sulfide) groups is 1. The number of rotatable bonds is 6. The fourth-order valence-electron chi connectivity index (χ4n) is 3.13. The van der Waals surface area contributed by atoms with E-state index < -0.39 is 5.91 Å². The third-order valence-electron chi connectivity index (χ3n) is 4.48. The van der Waals surface area contributed by atoms with Gasteiger partial charge in [-0.2, -0.15) is 4.99 Å². The summed E-state index contributed by atoms with van der Waals surface area (Å²) in [6, 6.07) is 11.2. The van der Waals surface area contributed by atoms with E-state index in [1.807, 2.05) is 64.1 Å². The number of amidine groups is 1. The molecule has 6 nitrogen and oxygen atoms in total. The Labute approximate surface area is 200 Å². The summed E-state index contributed by atoms with van der Waals surface area (Å²) in [5.74, 6) is 0.616. The van der Waals surface area contributed by atoms with Crippen LogP contribution in [0.15, 0.2) is 50.8 Å². The standard InChI is InChI=1S/C24H25BrN2O4S/c1-6-30-20-11-17(18(25)13-21(20)31-14(2)3)12-22-23(29)26-24(32-22)27(16(5)28)19-10-8-7-9-15(19)4/h7-14H,6H2,1-5H3/b22-12+. The minimum absolute atomic E-state index is 0.00718. The van der Waals surface area contributed by atoms with Gasteiger partial charge >= 0.3 is 0 Å². The van der Waals surface area contributed by atoms with Crippen molar-refractivity contribution in [3.05, 3.63) is 56.9 Å². The molecule has 1 aliphatic rings. The van der Waals surface area contributed by atoms with Crippen molar-refractivity contribution < 1.29 is 19.1 Å². The van der Waals surface area contributed by atoms with E-state index in [1.54, 1.807) is 6.08 Å². The van der Waals surface area contributed by atoms with E-state index in [-0.39, 0.29) is 12.0 Å². The van der Waals surface area contributed by atoms with Crippen LogP contribution in [0, 0.1) is 6.92 Å². The average molecular weight is 517 g/mol. The molecule has 0 atom stereocenters. The highest BCUT2D eigenvalue weighted by Crippen LogP contribution is 2.38. The van der Waals surface area contributed by atoms with Crippen LogP contribution in [-0.2, 0) is 9.59 Å². The van der Waals surface area contributed by atoms with Gasteiger partial charge < -0.3 is 9.47 Å². The van der Waals surface area contributed by atoms with E-state index in [1.165, 1.54) is 23.6 Å². The van der Waals surface area contributed by atoms with Gasteiger partial charge in [0.2, 0.25) is 5.91 Å². The van der Waals surface area contributed by atoms with Crippen molar-refractivity contribution in [3.8, 4) is 11.5 Å². The Morgan fingerprint density at radius 3 is 2.59 bits per heavy atom. The van der Waals surface area contributed by atoms with Crippen LogP contribution in [0.5, 0.6) is 11.5 Å². The van der Waals surface area contributed by atoms with E-state index in [0.717, 1.165) is 15.6 Å². The first-order chi connectivity index (χ1) is 15.2. The lowest BCUT2D eigenvalue weighted by Crippen LogP contribution is -2.33. The van der Waals surface area contributed by atoms with Crippen molar-refractivity contribution in [2.45, 2.75) is 40.7 Å². The minimum atomic E-state index is -0.391. The molecule has 1 heterocycles. The molecule has 0 N–H and O–H groups in total. The summed E-state index contributed by atoms with van der Waals surface area (Å²) < 4.78 is 12.3. The zero-order valence-electron chi connectivity index (χ0n) is 18.6. The van der Waals surface area contributed by atoms with E-state index >= 15 is 0 Å². The highest BCUT2D eigenvalue weighted by Gasteiger charge is 2.30. The number of benzene rings is 2. The van der Waals surface area contributed by atoms with Gasteiger partial charge in [0.15, 0.2) is 16.7 Å². The number of carbonyl (C=O) groups is 2. The molecular formula is C24H25BrN2O4S. The van der Waals surface area contributed by atoms with Crippen molar-refractivity contribution in [3.63, 3.8) is 0 Å². The zero-order valence-corrected chi connectivity index (χ0v) is 21.0. The van der Waals surface area contributed by atoms with Crippen molar-refractivity contribution in [1.82, 2.24) is 0 Å². The second-order valence-electron chi connectivity index (χ2n) is 7.37. The van der Waals surface area contributed by atoms with Crippen molar-refractivity contribution >= 4 is 56.4 Å². The van der Waals surface area contributed by atoms with Gasteiger partial charge in [0.05, 0.1) is 23.3 Å². The molecule has 1 aliphatic heterocycles. The number of nitrogens with zero attached hydrogens (tertiary/aromatic N) is 2. The summed E-state index contributed by atoms with van der Waals surface area (Å²) in [6.45, 7) is 9.65. The lowest BCUT2D eigenvalue weighted by Gasteiger charge is -2.21. The lowest BCUT2D eigenvalue weighted by molar-refractivity contribution is -0.115. The van der Waals surface area contributed by atoms with Crippen molar-refractivity contribution in [2.75, 3.05) is 11.5 Å². The molecule has 168 valence electrons. The number of aryl methyl sites for hydroxylation is 1. The average Bonchev–Trinajstić information content (AvgIpc) is 3.06. The smallest absolute Gasteiger partial charge is 0.286 e. The fourth-order valence-corrected chi connectivity index (χ4v) is 4.53. The number of halogens is 1. The monoisotopic (exact) mass is 516 g/mol. The predicted octanol–water partition coefficient (Wildman–Crippen LogP) is 5.97. The number of hydrogen-bond donors (Lipinski definition) is 0. The molecule has 8 heteroatoms. The third-order valence-corrected chi connectivity index (χ3v) is 6.14. The maximum atomic E-state index is 12.7. The van der Waals surface area contributed by atoms with Crippen molar-refractivity contribution in [2.24, 2.45) is 4.99 Å². The van der Waals surface area contributed by atoms with E-state index in [2.05, 4.69) is 20.9 Å². The van der Waals surface area contributed by atoms with Gasteiger partial charge in [-0.25, -0.2) is 0 Å². The van der Waals surface area contributed by atoms with Gasteiger partial charge in [0.1, 0.15) is 0 Å². The molecule has 0 bridgehead atoms. The molecule has 0 aliphatic carbocycles. The maximum Gasteiger partial charge on any atom is 0.286 e. The van der Waals surface area contributed by atoms with Crippen LogP contribution in [-0.4, -0.2) is 29.7 Å². The molecule has 2 aromatic rings. The first-order valence-corrected chi connectivity index (χ1v) is 11.8. The predicted molar refractivity (Wildman–Crippen MR) is 133 cm³/mol. The Balaban J connectivity index is 1.95. The molecule has 2 amide bonds. The molecule has 0 spiro atoms. The normalized spacial score (nSPS) is 14.7. The number of amides is 2. The summed E-state index contributed by atoms with van der Waals surface area (Å²) in [7, 11) is 0. The second kappa shape index (κ2) is 10.4. The SMILES string of the molecule is CCOc1cc(/C=C2/SC(N(C(C)=O)c3ccccc3C)=NC2=O)c(Br)cc1OC(C)C. The maximum absolute atomic E-state index is 12.7. The highest BCUT2D eigenvalue weighted by molar-refractivity contribution is 9.10. The highest BCUT2D eigenvalue weighted by atomic mass is 79.9. The van der Waals surface area contributed by atoms with Gasteiger partial charge in [-0.3, -0.25) is 14.5 Å². The number of anilines is 1. The van der Waals surface area contributed by atoms with E-state index in [9.17, 15) is 9.59 Å². The Hall–Kier alpha value is -2.58. The molecule has 3 rings (SSSR count). The van der Waals surface area contributed by atoms with Crippen LogP contribution in [0.4, 0.5) is 5.69 Å². The number of carbonyl (C=O) groups excluding carboxylic acids is 2. The molecule has 0 saturated heterocycles. The molecule has 0 fully saturated rings. The molecular weight excluding hydrogens is 492 g/mol. The van der Waals surface area contributed by atoms with Gasteiger partial charge in [0.25, 0.3) is 5.91 Å². The first kappa shape index (κ1) is 24.1. The van der Waals surface area contributed by atoms with E-state index in [4.69, 9.17) is 9.47 Å². The first-order valence-electron chi connectivity index (χ1n) is 10.2. The summed E-state index contributed by atoms with van der Waals surface area (Å²) in [6.07, 6.45) is 1.73. The van der Waals surface area contributed by atoms with Crippen LogP contribution in [0.3, 0.4) is 0 Å². The second-order valence-corrected chi connectivity index (χ2v) is 9.23. The minimum Gasteiger partial charge on any atom is -0.490 e. The van der Waals surface area contributed by atoms with Gasteiger partial charge in [-0.05, 0) is 74.9 Å².